The molecule has 0 unspecified atom stereocenters. The van der Waals surface area contributed by atoms with E-state index in [1.807, 2.05) is 37.1 Å². The van der Waals surface area contributed by atoms with Gasteiger partial charge < -0.3 is 9.88 Å². The zero-order valence-corrected chi connectivity index (χ0v) is 9.71. The molecular weight excluding hydrogens is 208 g/mol. The normalized spacial score (nSPS) is 10.8. The Labute approximate surface area is 93.0 Å². The van der Waals surface area contributed by atoms with E-state index in [2.05, 4.69) is 15.3 Å². The number of aryl methyl sites for hydroxylation is 2. The van der Waals surface area contributed by atoms with Gasteiger partial charge in [0.1, 0.15) is 5.82 Å². The van der Waals surface area contributed by atoms with Crippen LogP contribution in [-0.4, -0.2) is 14.5 Å². The molecule has 0 bridgehead atoms. The fourth-order valence-electron chi connectivity index (χ4n) is 1.35. The monoisotopic (exact) mass is 222 g/mol. The van der Waals surface area contributed by atoms with Crippen molar-refractivity contribution in [3.8, 4) is 0 Å². The molecule has 0 aromatic carbocycles. The Morgan fingerprint density at radius 2 is 2.27 bits per heavy atom. The molecule has 1 N–H and O–H groups in total. The number of nitrogens with one attached hydrogen (secondary N) is 1. The van der Waals surface area contributed by atoms with E-state index in [0.29, 0.717) is 0 Å². The topological polar surface area (TPSA) is 42.7 Å². The Balaban J connectivity index is 1.83. The molecule has 0 saturated carbocycles. The van der Waals surface area contributed by atoms with Gasteiger partial charge >= 0.3 is 0 Å². The average molecular weight is 222 g/mol. The van der Waals surface area contributed by atoms with Crippen LogP contribution in [0.1, 0.15) is 15.7 Å². The number of hydrogen-bond donors (Lipinski definition) is 1. The lowest BCUT2D eigenvalue weighted by atomic mass is 10.5. The number of thiazole rings is 1. The molecule has 2 aromatic rings. The maximum atomic E-state index is 4.24. The van der Waals surface area contributed by atoms with E-state index in [1.165, 1.54) is 4.88 Å². The highest BCUT2D eigenvalue weighted by molar-refractivity contribution is 7.11. The molecule has 4 nitrogen and oxygen atoms in total. The van der Waals surface area contributed by atoms with Crippen LogP contribution in [0.5, 0.6) is 0 Å². The van der Waals surface area contributed by atoms with Crippen molar-refractivity contribution in [2.45, 2.75) is 20.0 Å². The molecule has 2 aromatic heterocycles. The third kappa shape index (κ3) is 2.64. The molecule has 80 valence electrons. The summed E-state index contributed by atoms with van der Waals surface area (Å²) in [5.74, 6) is 1.05. The fourth-order valence-corrected chi connectivity index (χ4v) is 2.12. The standard InChI is InChI=1S/C10H14N4S/c1-8-13-6-9(15-8)5-11-7-10-12-3-4-14(10)2/h3-4,6,11H,5,7H2,1-2H3. The molecule has 0 spiro atoms. The van der Waals surface area contributed by atoms with Crippen molar-refractivity contribution in [3.63, 3.8) is 0 Å². The highest BCUT2D eigenvalue weighted by Gasteiger charge is 2.00. The van der Waals surface area contributed by atoms with E-state index in [0.717, 1.165) is 23.9 Å². The Hall–Kier alpha value is -1.20. The predicted octanol–water partition coefficient (Wildman–Crippen LogP) is 1.47. The lowest BCUT2D eigenvalue weighted by Gasteiger charge is -2.02. The highest BCUT2D eigenvalue weighted by atomic mass is 32.1. The zero-order valence-electron chi connectivity index (χ0n) is 8.90. The molecule has 5 heteroatoms. The van der Waals surface area contributed by atoms with Crippen LogP contribution < -0.4 is 5.32 Å². The second-order valence-corrected chi connectivity index (χ2v) is 4.72. The molecule has 0 radical (unpaired) electrons. The van der Waals surface area contributed by atoms with Crippen LogP contribution in [0.4, 0.5) is 0 Å². The Morgan fingerprint density at radius 1 is 1.40 bits per heavy atom. The number of hydrogen-bond acceptors (Lipinski definition) is 4. The molecule has 0 aliphatic rings. The van der Waals surface area contributed by atoms with Crippen molar-refractivity contribution in [2.24, 2.45) is 7.05 Å². The first-order valence-electron chi connectivity index (χ1n) is 4.84. The van der Waals surface area contributed by atoms with Crippen LogP contribution in [0.25, 0.3) is 0 Å². The molecule has 0 fully saturated rings. The molecule has 0 amide bonds. The zero-order chi connectivity index (χ0) is 10.7. The van der Waals surface area contributed by atoms with Gasteiger partial charge in [-0.3, -0.25) is 0 Å². The van der Waals surface area contributed by atoms with E-state index in [-0.39, 0.29) is 0 Å². The first-order chi connectivity index (χ1) is 7.25. The number of nitrogens with zero attached hydrogens (tertiary/aromatic N) is 3. The first kappa shape index (κ1) is 10.3. The van der Waals surface area contributed by atoms with E-state index in [4.69, 9.17) is 0 Å². The highest BCUT2D eigenvalue weighted by Crippen LogP contribution is 2.10. The third-order valence-electron chi connectivity index (χ3n) is 2.17. The van der Waals surface area contributed by atoms with Crippen LogP contribution in [0.2, 0.25) is 0 Å². The molecule has 0 aliphatic heterocycles. The van der Waals surface area contributed by atoms with Crippen LogP contribution in [0.15, 0.2) is 18.6 Å². The van der Waals surface area contributed by atoms with Gasteiger partial charge in [-0.2, -0.15) is 0 Å². The van der Waals surface area contributed by atoms with Gasteiger partial charge in [0.25, 0.3) is 0 Å². The summed E-state index contributed by atoms with van der Waals surface area (Å²) in [7, 11) is 2.00. The fraction of sp³-hybridized carbons (Fsp3) is 0.400. The van der Waals surface area contributed by atoms with E-state index in [9.17, 15) is 0 Å². The average Bonchev–Trinajstić information content (AvgIpc) is 2.77. The number of imidazole rings is 1. The molecule has 0 aliphatic carbocycles. The van der Waals surface area contributed by atoms with E-state index < -0.39 is 0 Å². The molecule has 0 saturated heterocycles. The van der Waals surface area contributed by atoms with Crippen molar-refractivity contribution in [1.29, 1.82) is 0 Å². The van der Waals surface area contributed by atoms with E-state index >= 15 is 0 Å². The van der Waals surface area contributed by atoms with Gasteiger partial charge in [-0.1, -0.05) is 0 Å². The lowest BCUT2D eigenvalue weighted by molar-refractivity contribution is 0.643. The number of aromatic nitrogens is 3. The Kier molecular flexibility index (Phi) is 3.13. The Morgan fingerprint density at radius 3 is 2.87 bits per heavy atom. The second-order valence-electron chi connectivity index (χ2n) is 3.40. The summed E-state index contributed by atoms with van der Waals surface area (Å²) < 4.78 is 2.02. The van der Waals surface area contributed by atoms with Crippen molar-refractivity contribution >= 4 is 11.3 Å². The van der Waals surface area contributed by atoms with Gasteiger partial charge in [-0.25, -0.2) is 9.97 Å². The van der Waals surface area contributed by atoms with Gasteiger partial charge in [0, 0.05) is 37.1 Å². The van der Waals surface area contributed by atoms with Gasteiger partial charge in [0.05, 0.1) is 11.6 Å². The van der Waals surface area contributed by atoms with Crippen molar-refractivity contribution in [3.05, 3.63) is 34.3 Å². The van der Waals surface area contributed by atoms with Crippen molar-refractivity contribution in [2.75, 3.05) is 0 Å². The van der Waals surface area contributed by atoms with Gasteiger partial charge in [0.15, 0.2) is 0 Å². The summed E-state index contributed by atoms with van der Waals surface area (Å²) in [6.07, 6.45) is 5.69. The molecule has 0 atom stereocenters. The quantitative estimate of drug-likeness (QED) is 0.852. The summed E-state index contributed by atoms with van der Waals surface area (Å²) in [6.45, 7) is 3.67. The van der Waals surface area contributed by atoms with Crippen LogP contribution >= 0.6 is 11.3 Å². The van der Waals surface area contributed by atoms with Gasteiger partial charge in [-0.05, 0) is 6.92 Å². The number of rotatable bonds is 4. The summed E-state index contributed by atoms with van der Waals surface area (Å²) in [5, 5.41) is 4.46. The maximum absolute atomic E-state index is 4.24. The van der Waals surface area contributed by atoms with Crippen LogP contribution in [0, 0.1) is 6.92 Å². The predicted molar refractivity (Wildman–Crippen MR) is 60.6 cm³/mol. The van der Waals surface area contributed by atoms with E-state index in [1.54, 1.807) is 11.3 Å². The molecule has 2 heterocycles. The maximum Gasteiger partial charge on any atom is 0.122 e. The van der Waals surface area contributed by atoms with Crippen LogP contribution in [0.3, 0.4) is 0 Å². The molecule has 2 rings (SSSR count). The largest absolute Gasteiger partial charge is 0.337 e. The Bertz CT molecular complexity index is 432. The first-order valence-corrected chi connectivity index (χ1v) is 5.65. The minimum absolute atomic E-state index is 0.792. The summed E-state index contributed by atoms with van der Waals surface area (Å²) in [5.41, 5.74) is 0. The minimum Gasteiger partial charge on any atom is -0.337 e. The summed E-state index contributed by atoms with van der Waals surface area (Å²) >= 11 is 1.73. The molecule has 15 heavy (non-hydrogen) atoms. The van der Waals surface area contributed by atoms with Crippen LogP contribution in [-0.2, 0) is 20.1 Å². The van der Waals surface area contributed by atoms with Gasteiger partial charge in [0.2, 0.25) is 0 Å². The summed E-state index contributed by atoms with van der Waals surface area (Å²) in [6, 6.07) is 0. The SMILES string of the molecule is Cc1ncc(CNCc2nccn2C)s1. The molecular formula is C10H14N4S. The second kappa shape index (κ2) is 4.55. The van der Waals surface area contributed by atoms with Crippen molar-refractivity contribution < 1.29 is 0 Å². The minimum atomic E-state index is 0.792. The van der Waals surface area contributed by atoms with Gasteiger partial charge in [-0.15, -0.1) is 11.3 Å². The third-order valence-corrected chi connectivity index (χ3v) is 3.09. The smallest absolute Gasteiger partial charge is 0.122 e. The summed E-state index contributed by atoms with van der Waals surface area (Å²) in [4.78, 5) is 9.71. The lowest BCUT2D eigenvalue weighted by Crippen LogP contribution is -2.14. The van der Waals surface area contributed by atoms with Crippen molar-refractivity contribution in [1.82, 2.24) is 19.9 Å².